The molecule has 108 valence electrons. The van der Waals surface area contributed by atoms with Gasteiger partial charge in [0.05, 0.1) is 12.2 Å². The fourth-order valence-electron chi connectivity index (χ4n) is 2.09. The van der Waals surface area contributed by atoms with E-state index >= 15 is 0 Å². The number of pyridine rings is 1. The Morgan fingerprint density at radius 1 is 1.24 bits per heavy atom. The van der Waals surface area contributed by atoms with Gasteiger partial charge in [0.2, 0.25) is 10.0 Å². The van der Waals surface area contributed by atoms with Gasteiger partial charge >= 0.3 is 0 Å². The fraction of sp³-hybridized carbons (Fsp3) is 0.0714. The first-order valence-electron chi connectivity index (χ1n) is 6.32. The van der Waals surface area contributed by atoms with Crippen molar-refractivity contribution < 1.29 is 8.42 Å². The van der Waals surface area contributed by atoms with E-state index in [9.17, 15) is 8.42 Å². The lowest BCUT2D eigenvalue weighted by atomic mass is 10.2. The van der Waals surface area contributed by atoms with Gasteiger partial charge in [0.1, 0.15) is 4.90 Å². The molecule has 0 saturated carbocycles. The molecule has 4 N–H and O–H groups in total. The summed E-state index contributed by atoms with van der Waals surface area (Å²) in [6, 6.07) is 10.4. The maximum atomic E-state index is 12.4. The van der Waals surface area contributed by atoms with Crippen LogP contribution in [-0.4, -0.2) is 18.4 Å². The molecule has 3 aromatic rings. The van der Waals surface area contributed by atoms with E-state index in [1.165, 1.54) is 6.20 Å². The van der Waals surface area contributed by atoms with Crippen LogP contribution in [-0.2, 0) is 16.6 Å². The highest BCUT2D eigenvalue weighted by Crippen LogP contribution is 2.24. The second-order valence-corrected chi connectivity index (χ2v) is 6.34. The van der Waals surface area contributed by atoms with E-state index in [0.29, 0.717) is 22.3 Å². The van der Waals surface area contributed by atoms with Crippen LogP contribution < -0.4 is 10.5 Å². The highest BCUT2D eigenvalue weighted by Gasteiger charge is 2.18. The number of benzene rings is 1. The molecule has 6 nitrogen and oxygen atoms in total. The van der Waals surface area contributed by atoms with Gasteiger partial charge in [-0.1, -0.05) is 6.07 Å². The molecule has 2 heterocycles. The van der Waals surface area contributed by atoms with E-state index in [0.717, 1.165) is 0 Å². The van der Waals surface area contributed by atoms with E-state index in [2.05, 4.69) is 14.7 Å². The Hall–Kier alpha value is -2.38. The molecule has 1 aromatic carbocycles. The summed E-state index contributed by atoms with van der Waals surface area (Å²) in [6.45, 7) is 0.144. The van der Waals surface area contributed by atoms with Crippen LogP contribution in [0.15, 0.2) is 53.7 Å². The van der Waals surface area contributed by atoms with E-state index in [1.807, 2.05) is 6.07 Å². The molecule has 0 aliphatic heterocycles. The van der Waals surface area contributed by atoms with Crippen molar-refractivity contribution in [2.24, 2.45) is 0 Å². The van der Waals surface area contributed by atoms with Crippen LogP contribution in [0.25, 0.3) is 10.9 Å². The molecular weight excluding hydrogens is 288 g/mol. The molecule has 2 aromatic heterocycles. The first-order chi connectivity index (χ1) is 10.1. The number of sulfonamides is 1. The minimum Gasteiger partial charge on any atom is -0.399 e. The van der Waals surface area contributed by atoms with Crippen LogP contribution in [0.1, 0.15) is 5.69 Å². The molecular formula is C14H14N4O2S. The Kier molecular flexibility index (Phi) is 3.36. The summed E-state index contributed by atoms with van der Waals surface area (Å²) in [4.78, 5) is 7.21. The molecule has 0 bridgehead atoms. The maximum absolute atomic E-state index is 12.4. The lowest BCUT2D eigenvalue weighted by Gasteiger charge is -2.05. The van der Waals surface area contributed by atoms with Crippen LogP contribution in [0.4, 0.5) is 5.69 Å². The van der Waals surface area contributed by atoms with Crippen molar-refractivity contribution in [1.29, 1.82) is 0 Å². The number of aromatic amines is 1. The van der Waals surface area contributed by atoms with Crippen LogP contribution >= 0.6 is 0 Å². The first kappa shape index (κ1) is 13.6. The van der Waals surface area contributed by atoms with Crippen molar-refractivity contribution in [2.75, 3.05) is 5.73 Å². The minimum absolute atomic E-state index is 0.144. The number of rotatable bonds is 4. The molecule has 0 atom stereocenters. The number of hydrogen-bond donors (Lipinski definition) is 3. The second kappa shape index (κ2) is 5.19. The van der Waals surface area contributed by atoms with Crippen molar-refractivity contribution in [2.45, 2.75) is 11.4 Å². The zero-order valence-electron chi connectivity index (χ0n) is 11.1. The monoisotopic (exact) mass is 302 g/mol. The molecule has 21 heavy (non-hydrogen) atoms. The third kappa shape index (κ3) is 2.74. The molecule has 0 fully saturated rings. The summed E-state index contributed by atoms with van der Waals surface area (Å²) in [5.74, 6) is 0. The molecule has 0 aliphatic rings. The normalized spacial score (nSPS) is 11.8. The van der Waals surface area contributed by atoms with E-state index < -0.39 is 10.0 Å². The number of fused-ring (bicyclic) bond motifs is 1. The van der Waals surface area contributed by atoms with Gasteiger partial charge in [-0.15, -0.1) is 0 Å². The Labute approximate surface area is 122 Å². The lowest BCUT2D eigenvalue weighted by Crippen LogP contribution is -2.23. The van der Waals surface area contributed by atoms with Crippen LogP contribution in [0.2, 0.25) is 0 Å². The highest BCUT2D eigenvalue weighted by atomic mass is 32.2. The largest absolute Gasteiger partial charge is 0.399 e. The number of anilines is 1. The maximum Gasteiger partial charge on any atom is 0.243 e. The Morgan fingerprint density at radius 2 is 2.10 bits per heavy atom. The summed E-state index contributed by atoms with van der Waals surface area (Å²) in [7, 11) is -3.62. The average molecular weight is 302 g/mol. The van der Waals surface area contributed by atoms with Crippen molar-refractivity contribution in [3.05, 3.63) is 54.5 Å². The predicted molar refractivity (Wildman–Crippen MR) is 81.0 cm³/mol. The number of H-pyrrole nitrogens is 1. The molecule has 7 heteroatoms. The fourth-order valence-corrected chi connectivity index (χ4v) is 3.26. The van der Waals surface area contributed by atoms with Crippen LogP contribution in [0.5, 0.6) is 0 Å². The van der Waals surface area contributed by atoms with Crippen molar-refractivity contribution >= 4 is 26.6 Å². The number of aromatic nitrogens is 2. The zero-order valence-corrected chi connectivity index (χ0v) is 11.9. The molecule has 3 rings (SSSR count). The summed E-state index contributed by atoms with van der Waals surface area (Å²) in [6.07, 6.45) is 3.09. The predicted octanol–water partition coefficient (Wildman–Crippen LogP) is 1.62. The average Bonchev–Trinajstić information content (AvgIpc) is 2.90. The molecule has 0 amide bonds. The second-order valence-electron chi connectivity index (χ2n) is 4.60. The number of nitrogens with one attached hydrogen (secondary N) is 2. The standard InChI is InChI=1S/C14H14N4O2S/c15-10-4-5-12-13(7-10)17-9-14(12)21(19,20)18-8-11-3-1-2-6-16-11/h1-7,9,17-18H,8,15H2. The van der Waals surface area contributed by atoms with E-state index in [-0.39, 0.29) is 11.4 Å². The lowest BCUT2D eigenvalue weighted by molar-refractivity contribution is 0.581. The van der Waals surface area contributed by atoms with Gasteiger partial charge in [0, 0.05) is 29.0 Å². The van der Waals surface area contributed by atoms with Gasteiger partial charge in [0.15, 0.2) is 0 Å². The van der Waals surface area contributed by atoms with Gasteiger partial charge in [0.25, 0.3) is 0 Å². The molecule has 0 radical (unpaired) electrons. The summed E-state index contributed by atoms with van der Waals surface area (Å²) in [5.41, 5.74) is 7.61. The Balaban J connectivity index is 1.90. The molecule has 0 aliphatic carbocycles. The first-order valence-corrected chi connectivity index (χ1v) is 7.81. The third-order valence-corrected chi connectivity index (χ3v) is 4.57. The Bertz CT molecular complexity index is 872. The summed E-state index contributed by atoms with van der Waals surface area (Å²) < 4.78 is 27.3. The van der Waals surface area contributed by atoms with Gasteiger partial charge in [-0.3, -0.25) is 4.98 Å². The van der Waals surface area contributed by atoms with Gasteiger partial charge in [-0.05, 0) is 30.3 Å². The van der Waals surface area contributed by atoms with E-state index in [1.54, 1.807) is 36.5 Å². The van der Waals surface area contributed by atoms with Crippen molar-refractivity contribution in [3.8, 4) is 0 Å². The molecule has 0 spiro atoms. The van der Waals surface area contributed by atoms with Gasteiger partial charge in [-0.25, -0.2) is 13.1 Å². The number of nitrogens with zero attached hydrogens (tertiary/aromatic N) is 1. The quantitative estimate of drug-likeness (QED) is 0.637. The number of hydrogen-bond acceptors (Lipinski definition) is 4. The SMILES string of the molecule is Nc1ccc2c(S(=O)(=O)NCc3ccccn3)c[nH]c2c1. The molecule has 0 saturated heterocycles. The van der Waals surface area contributed by atoms with Crippen molar-refractivity contribution in [3.63, 3.8) is 0 Å². The number of nitrogen functional groups attached to an aromatic ring is 1. The van der Waals surface area contributed by atoms with E-state index in [4.69, 9.17) is 5.73 Å². The smallest absolute Gasteiger partial charge is 0.243 e. The van der Waals surface area contributed by atoms with Crippen LogP contribution in [0.3, 0.4) is 0 Å². The van der Waals surface area contributed by atoms with Crippen molar-refractivity contribution in [1.82, 2.24) is 14.7 Å². The summed E-state index contributed by atoms with van der Waals surface area (Å²) >= 11 is 0. The zero-order chi connectivity index (χ0) is 14.9. The van der Waals surface area contributed by atoms with Gasteiger partial charge in [-0.2, -0.15) is 0 Å². The number of nitrogens with two attached hydrogens (primary N) is 1. The summed E-state index contributed by atoms with van der Waals surface area (Å²) in [5, 5.41) is 0.609. The van der Waals surface area contributed by atoms with Crippen LogP contribution in [0, 0.1) is 0 Å². The molecule has 0 unspecified atom stereocenters. The van der Waals surface area contributed by atoms with Gasteiger partial charge < -0.3 is 10.7 Å². The third-order valence-electron chi connectivity index (χ3n) is 3.13. The minimum atomic E-state index is -3.62. The topological polar surface area (TPSA) is 101 Å². The highest BCUT2D eigenvalue weighted by molar-refractivity contribution is 7.89. The Morgan fingerprint density at radius 3 is 2.86 bits per heavy atom.